The van der Waals surface area contributed by atoms with E-state index in [0.717, 1.165) is 38.8 Å². The van der Waals surface area contributed by atoms with Crippen LogP contribution in [0.15, 0.2) is 205 Å². The van der Waals surface area contributed by atoms with Gasteiger partial charge in [-0.3, -0.25) is 0 Å². The van der Waals surface area contributed by atoms with Gasteiger partial charge in [0.1, 0.15) is 11.2 Å². The van der Waals surface area contributed by atoms with Gasteiger partial charge >= 0.3 is 0 Å². The summed E-state index contributed by atoms with van der Waals surface area (Å²) in [5, 5.41) is 9.67. The van der Waals surface area contributed by atoms with Crippen molar-refractivity contribution in [3.05, 3.63) is 200 Å². The lowest BCUT2D eigenvalue weighted by molar-refractivity contribution is 0.664. The molecule has 13 aromatic rings. The molecule has 4 heterocycles. The Bertz CT molecular complexity index is 3780. The van der Waals surface area contributed by atoms with Gasteiger partial charge in [0.05, 0.1) is 38.5 Å². The first-order valence-corrected chi connectivity index (χ1v) is 19.8. The summed E-state index contributed by atoms with van der Waals surface area (Å²) in [6.45, 7) is 0. The molecule has 0 radical (unpaired) electrons. The van der Waals surface area contributed by atoms with Gasteiger partial charge in [-0.1, -0.05) is 103 Å². The molecule has 0 saturated heterocycles. The Morgan fingerprint density at radius 3 is 1.33 bits per heavy atom. The number of hydrogen-bond donors (Lipinski definition) is 0. The van der Waals surface area contributed by atoms with Crippen LogP contribution in [0.3, 0.4) is 0 Å². The van der Waals surface area contributed by atoms with Gasteiger partial charge in [0.15, 0.2) is 0 Å². The number of aromatic nitrogens is 3. The van der Waals surface area contributed by atoms with Crippen LogP contribution in [-0.4, -0.2) is 13.7 Å². The van der Waals surface area contributed by atoms with E-state index in [1.807, 2.05) is 6.07 Å². The van der Waals surface area contributed by atoms with Gasteiger partial charge < -0.3 is 18.1 Å². The molecule has 4 nitrogen and oxygen atoms in total. The maximum Gasteiger partial charge on any atom is 0.137 e. The summed E-state index contributed by atoms with van der Waals surface area (Å²) in [4.78, 5) is 0. The molecule has 0 N–H and O–H groups in total. The van der Waals surface area contributed by atoms with E-state index in [0.29, 0.717) is 0 Å². The molecule has 0 spiro atoms. The fraction of sp³-hybridized carbons (Fsp3) is 0. The SMILES string of the molecule is c1ccc(-n2c3ccccc3c3cc(-c4ccc5c(c4)c4ccccc4n5-c4ccc(-n5c6cccc7oc8ccccc8c8cccc5c8c76)cc4)ccc32)cc1. The highest BCUT2D eigenvalue weighted by molar-refractivity contribution is 6.26. The van der Waals surface area contributed by atoms with E-state index in [-0.39, 0.29) is 0 Å². The highest BCUT2D eigenvalue weighted by atomic mass is 16.3. The van der Waals surface area contributed by atoms with Crippen molar-refractivity contribution in [3.8, 4) is 28.2 Å². The third-order valence-corrected chi connectivity index (χ3v) is 12.2. The van der Waals surface area contributed by atoms with E-state index >= 15 is 0 Å². The van der Waals surface area contributed by atoms with Crippen LogP contribution in [0.25, 0.3) is 116 Å². The van der Waals surface area contributed by atoms with Crippen LogP contribution in [0, 0.1) is 0 Å². The third kappa shape index (κ3) is 4.34. The average molecular weight is 740 g/mol. The van der Waals surface area contributed by atoms with Crippen molar-refractivity contribution in [2.45, 2.75) is 0 Å². The summed E-state index contributed by atoms with van der Waals surface area (Å²) in [5.74, 6) is 0. The van der Waals surface area contributed by atoms with Gasteiger partial charge in [-0.2, -0.15) is 0 Å². The van der Waals surface area contributed by atoms with Gasteiger partial charge in [0.25, 0.3) is 0 Å². The lowest BCUT2D eigenvalue weighted by atomic mass is 10.0. The Labute approximate surface area is 332 Å². The molecule has 0 bridgehead atoms. The second-order valence-corrected chi connectivity index (χ2v) is 15.3. The molecule has 0 aliphatic rings. The van der Waals surface area contributed by atoms with E-state index in [1.165, 1.54) is 76.7 Å². The Hall–Kier alpha value is -7.82. The second-order valence-electron chi connectivity index (χ2n) is 15.3. The topological polar surface area (TPSA) is 27.9 Å². The van der Waals surface area contributed by atoms with E-state index in [9.17, 15) is 0 Å². The zero-order valence-corrected chi connectivity index (χ0v) is 31.3. The molecule has 4 heteroatoms. The summed E-state index contributed by atoms with van der Waals surface area (Å²) in [6, 6.07) is 72.4. The standard InChI is InChI=1S/C54H33N3O/c1-2-12-36(13-3-1)55-45-18-7-4-14-39(45)43-32-34(24-30-47(43)55)35-25-31-48-44(33-35)40-15-5-8-19-46(40)56(48)37-26-28-38(29-27-37)57-49-20-10-17-42-41-16-6-9-22-51(41)58-52-23-11-21-50(57)54(52)53(42)49/h1-33H. The van der Waals surface area contributed by atoms with Crippen molar-refractivity contribution < 1.29 is 4.42 Å². The summed E-state index contributed by atoms with van der Waals surface area (Å²) < 4.78 is 13.7. The van der Waals surface area contributed by atoms with Gasteiger partial charge in [0.2, 0.25) is 0 Å². The molecule has 0 saturated carbocycles. The van der Waals surface area contributed by atoms with Crippen LogP contribution in [0.4, 0.5) is 0 Å². The molecule has 0 unspecified atom stereocenters. The zero-order chi connectivity index (χ0) is 37.9. The Balaban J connectivity index is 0.955. The van der Waals surface area contributed by atoms with Gasteiger partial charge in [-0.25, -0.2) is 0 Å². The molecule has 58 heavy (non-hydrogen) atoms. The van der Waals surface area contributed by atoms with Crippen molar-refractivity contribution in [3.63, 3.8) is 0 Å². The number of para-hydroxylation sites is 4. The lowest BCUT2D eigenvalue weighted by Gasteiger charge is -2.12. The number of nitrogens with zero attached hydrogens (tertiary/aromatic N) is 3. The fourth-order valence-electron chi connectivity index (χ4n) is 9.75. The smallest absolute Gasteiger partial charge is 0.137 e. The molecule has 0 aliphatic heterocycles. The second kappa shape index (κ2) is 11.8. The zero-order valence-electron chi connectivity index (χ0n) is 31.3. The maximum atomic E-state index is 6.59. The van der Waals surface area contributed by atoms with Crippen LogP contribution in [-0.2, 0) is 0 Å². The van der Waals surface area contributed by atoms with Gasteiger partial charge in [-0.05, 0) is 114 Å². The number of benzene rings is 9. The van der Waals surface area contributed by atoms with E-state index in [1.54, 1.807) is 0 Å². The number of hydrogen-bond acceptors (Lipinski definition) is 1. The largest absolute Gasteiger partial charge is 0.456 e. The van der Waals surface area contributed by atoms with E-state index < -0.39 is 0 Å². The van der Waals surface area contributed by atoms with Crippen molar-refractivity contribution in [2.75, 3.05) is 0 Å². The molecular formula is C54H33N3O. The predicted molar refractivity (Wildman–Crippen MR) is 242 cm³/mol. The molecule has 9 aromatic carbocycles. The molecule has 0 fully saturated rings. The van der Waals surface area contributed by atoms with Crippen LogP contribution in [0.2, 0.25) is 0 Å². The summed E-state index contributed by atoms with van der Waals surface area (Å²) >= 11 is 0. The van der Waals surface area contributed by atoms with Crippen LogP contribution < -0.4 is 0 Å². The summed E-state index contributed by atoms with van der Waals surface area (Å²) in [7, 11) is 0. The maximum absolute atomic E-state index is 6.59. The van der Waals surface area contributed by atoms with Crippen molar-refractivity contribution in [2.24, 2.45) is 0 Å². The quantitative estimate of drug-likeness (QED) is 0.177. The molecule has 4 aromatic heterocycles. The minimum Gasteiger partial charge on any atom is -0.456 e. The van der Waals surface area contributed by atoms with Crippen molar-refractivity contribution in [1.29, 1.82) is 0 Å². The predicted octanol–water partition coefficient (Wildman–Crippen LogP) is 14.5. The Morgan fingerprint density at radius 1 is 0.259 bits per heavy atom. The summed E-state index contributed by atoms with van der Waals surface area (Å²) in [5.41, 5.74) is 14.7. The molecule has 270 valence electrons. The van der Waals surface area contributed by atoms with E-state index in [4.69, 9.17) is 4.42 Å². The van der Waals surface area contributed by atoms with Crippen molar-refractivity contribution >= 4 is 87.4 Å². The first-order valence-electron chi connectivity index (χ1n) is 19.8. The monoisotopic (exact) mass is 739 g/mol. The van der Waals surface area contributed by atoms with Crippen LogP contribution in [0.1, 0.15) is 0 Å². The fourth-order valence-corrected chi connectivity index (χ4v) is 9.75. The summed E-state index contributed by atoms with van der Waals surface area (Å²) in [6.07, 6.45) is 0. The van der Waals surface area contributed by atoms with Gasteiger partial charge in [0, 0.05) is 49.4 Å². The van der Waals surface area contributed by atoms with E-state index in [2.05, 4.69) is 208 Å². The minimum atomic E-state index is 0.888. The molecule has 0 atom stereocenters. The number of rotatable bonds is 4. The first kappa shape index (κ1) is 31.4. The molecule has 13 rings (SSSR count). The van der Waals surface area contributed by atoms with Crippen LogP contribution >= 0.6 is 0 Å². The third-order valence-electron chi connectivity index (χ3n) is 12.2. The van der Waals surface area contributed by atoms with Crippen molar-refractivity contribution in [1.82, 2.24) is 13.7 Å². The normalized spacial score (nSPS) is 12.1. The highest BCUT2D eigenvalue weighted by Crippen LogP contribution is 2.42. The molecular weight excluding hydrogens is 707 g/mol. The Morgan fingerprint density at radius 2 is 0.690 bits per heavy atom. The molecule has 0 aliphatic carbocycles. The van der Waals surface area contributed by atoms with Gasteiger partial charge in [-0.15, -0.1) is 0 Å². The first-order chi connectivity index (χ1) is 28.8. The molecule has 0 amide bonds. The Kier molecular flexibility index (Phi) is 6.41. The average Bonchev–Trinajstić information content (AvgIpc) is 3.89. The number of fused-ring (bicyclic) bond motifs is 8. The van der Waals surface area contributed by atoms with Crippen LogP contribution in [0.5, 0.6) is 0 Å². The minimum absolute atomic E-state index is 0.888. The lowest BCUT2D eigenvalue weighted by Crippen LogP contribution is -1.97. The highest BCUT2D eigenvalue weighted by Gasteiger charge is 2.20.